The number of hydrogen-bond donors (Lipinski definition) is 1. The van der Waals surface area contributed by atoms with Crippen molar-refractivity contribution >= 4 is 11.0 Å². The van der Waals surface area contributed by atoms with Crippen molar-refractivity contribution in [2.45, 2.75) is 20.4 Å². The molecule has 0 radical (unpaired) electrons. The van der Waals surface area contributed by atoms with E-state index in [0.717, 1.165) is 17.6 Å². The maximum Gasteiger partial charge on any atom is 0.117 e. The van der Waals surface area contributed by atoms with Gasteiger partial charge in [-0.25, -0.2) is 4.98 Å². The van der Waals surface area contributed by atoms with E-state index in [1.165, 1.54) is 0 Å². The van der Waals surface area contributed by atoms with Gasteiger partial charge in [-0.05, 0) is 18.1 Å². The SMILES string of the molecule is CC(C)Cn1cnc2cc(O)ccc21. The van der Waals surface area contributed by atoms with Gasteiger partial charge in [0.2, 0.25) is 0 Å². The Morgan fingerprint density at radius 3 is 2.93 bits per heavy atom. The Labute approximate surface area is 83.0 Å². The van der Waals surface area contributed by atoms with Gasteiger partial charge in [0, 0.05) is 12.6 Å². The predicted octanol–water partition coefficient (Wildman–Crippen LogP) is 2.40. The third kappa shape index (κ3) is 1.58. The molecule has 1 heterocycles. The van der Waals surface area contributed by atoms with Crippen molar-refractivity contribution in [3.05, 3.63) is 24.5 Å². The lowest BCUT2D eigenvalue weighted by atomic mass is 10.2. The van der Waals surface area contributed by atoms with Crippen molar-refractivity contribution in [2.24, 2.45) is 5.92 Å². The fraction of sp³-hybridized carbons (Fsp3) is 0.364. The molecule has 14 heavy (non-hydrogen) atoms. The average molecular weight is 190 g/mol. The Morgan fingerprint density at radius 2 is 2.21 bits per heavy atom. The van der Waals surface area contributed by atoms with E-state index in [1.54, 1.807) is 12.1 Å². The minimum atomic E-state index is 0.271. The Kier molecular flexibility index (Phi) is 2.15. The predicted molar refractivity (Wildman–Crippen MR) is 56.2 cm³/mol. The lowest BCUT2D eigenvalue weighted by molar-refractivity contribution is 0.476. The summed E-state index contributed by atoms with van der Waals surface area (Å²) in [5.74, 6) is 0.869. The first-order valence-electron chi connectivity index (χ1n) is 4.80. The van der Waals surface area contributed by atoms with Gasteiger partial charge < -0.3 is 9.67 Å². The molecule has 0 amide bonds. The van der Waals surface area contributed by atoms with E-state index in [-0.39, 0.29) is 5.75 Å². The molecule has 0 saturated carbocycles. The fourth-order valence-corrected chi connectivity index (χ4v) is 1.59. The molecule has 0 aliphatic rings. The van der Waals surface area contributed by atoms with E-state index in [1.807, 2.05) is 12.4 Å². The summed E-state index contributed by atoms with van der Waals surface area (Å²) >= 11 is 0. The second-order valence-electron chi connectivity index (χ2n) is 3.96. The van der Waals surface area contributed by atoms with Crippen LogP contribution in [0.5, 0.6) is 5.75 Å². The van der Waals surface area contributed by atoms with Gasteiger partial charge in [0.15, 0.2) is 0 Å². The van der Waals surface area contributed by atoms with Gasteiger partial charge in [-0.1, -0.05) is 13.8 Å². The van der Waals surface area contributed by atoms with Gasteiger partial charge in [-0.15, -0.1) is 0 Å². The zero-order valence-electron chi connectivity index (χ0n) is 8.44. The van der Waals surface area contributed by atoms with Gasteiger partial charge in [-0.3, -0.25) is 0 Å². The maximum atomic E-state index is 9.27. The molecule has 2 aromatic rings. The van der Waals surface area contributed by atoms with Gasteiger partial charge in [0.25, 0.3) is 0 Å². The van der Waals surface area contributed by atoms with Crippen LogP contribution in [0.15, 0.2) is 24.5 Å². The van der Waals surface area contributed by atoms with E-state index < -0.39 is 0 Å². The summed E-state index contributed by atoms with van der Waals surface area (Å²) < 4.78 is 2.11. The first kappa shape index (κ1) is 9.06. The normalized spacial score (nSPS) is 11.4. The van der Waals surface area contributed by atoms with E-state index in [0.29, 0.717) is 5.92 Å². The standard InChI is InChI=1S/C11H14N2O/c1-8(2)6-13-7-12-10-5-9(14)3-4-11(10)13/h3-5,7-8,14H,6H2,1-2H3. The van der Waals surface area contributed by atoms with Crippen LogP contribution in [-0.4, -0.2) is 14.7 Å². The van der Waals surface area contributed by atoms with Gasteiger partial charge in [-0.2, -0.15) is 0 Å². The van der Waals surface area contributed by atoms with Crippen LogP contribution in [0.3, 0.4) is 0 Å². The summed E-state index contributed by atoms with van der Waals surface area (Å²) in [5, 5.41) is 9.27. The van der Waals surface area contributed by atoms with Crippen LogP contribution in [0.25, 0.3) is 11.0 Å². The maximum absolute atomic E-state index is 9.27. The van der Waals surface area contributed by atoms with Crippen LogP contribution in [0.2, 0.25) is 0 Å². The molecule has 0 bridgehead atoms. The smallest absolute Gasteiger partial charge is 0.117 e. The quantitative estimate of drug-likeness (QED) is 0.789. The third-order valence-corrected chi connectivity index (χ3v) is 2.17. The van der Waals surface area contributed by atoms with Crippen LogP contribution in [0.4, 0.5) is 0 Å². The third-order valence-electron chi connectivity index (χ3n) is 2.17. The molecule has 0 atom stereocenters. The van der Waals surface area contributed by atoms with Crippen LogP contribution in [0, 0.1) is 5.92 Å². The van der Waals surface area contributed by atoms with E-state index in [9.17, 15) is 5.11 Å². The van der Waals surface area contributed by atoms with E-state index in [2.05, 4.69) is 23.4 Å². The highest BCUT2D eigenvalue weighted by Gasteiger charge is 2.04. The van der Waals surface area contributed by atoms with Crippen LogP contribution >= 0.6 is 0 Å². The summed E-state index contributed by atoms with van der Waals surface area (Å²) in [6, 6.07) is 5.28. The zero-order valence-corrected chi connectivity index (χ0v) is 8.44. The molecule has 1 N–H and O–H groups in total. The molecule has 0 saturated heterocycles. The largest absolute Gasteiger partial charge is 0.508 e. The lowest BCUT2D eigenvalue weighted by Gasteiger charge is -2.06. The van der Waals surface area contributed by atoms with Crippen LogP contribution in [-0.2, 0) is 6.54 Å². The molecule has 3 heteroatoms. The second-order valence-corrected chi connectivity index (χ2v) is 3.96. The van der Waals surface area contributed by atoms with E-state index >= 15 is 0 Å². The molecule has 0 aliphatic carbocycles. The van der Waals surface area contributed by atoms with Gasteiger partial charge >= 0.3 is 0 Å². The van der Waals surface area contributed by atoms with Crippen molar-refractivity contribution in [3.63, 3.8) is 0 Å². The molecule has 3 nitrogen and oxygen atoms in total. The molecule has 1 aromatic carbocycles. The summed E-state index contributed by atoms with van der Waals surface area (Å²) in [6.45, 7) is 5.31. The molecule has 74 valence electrons. The molecule has 0 aliphatic heterocycles. The number of nitrogens with zero attached hydrogens (tertiary/aromatic N) is 2. The average Bonchev–Trinajstić information content (AvgIpc) is 2.47. The molecule has 0 unspecified atom stereocenters. The van der Waals surface area contributed by atoms with Gasteiger partial charge in [0.1, 0.15) is 5.75 Å². The first-order chi connectivity index (χ1) is 6.66. The summed E-state index contributed by atoms with van der Waals surface area (Å²) in [7, 11) is 0. The minimum absolute atomic E-state index is 0.271. The first-order valence-corrected chi connectivity index (χ1v) is 4.80. The summed E-state index contributed by atoms with van der Waals surface area (Å²) in [6.07, 6.45) is 1.82. The Balaban J connectivity index is 2.47. The highest BCUT2D eigenvalue weighted by atomic mass is 16.3. The number of rotatable bonds is 2. The monoisotopic (exact) mass is 190 g/mol. The highest BCUT2D eigenvalue weighted by Crippen LogP contribution is 2.19. The number of benzene rings is 1. The zero-order chi connectivity index (χ0) is 10.1. The lowest BCUT2D eigenvalue weighted by Crippen LogP contribution is -2.02. The molecular weight excluding hydrogens is 176 g/mol. The summed E-state index contributed by atoms with van der Waals surface area (Å²) in [4.78, 5) is 4.24. The molecule has 0 spiro atoms. The van der Waals surface area contributed by atoms with Crippen molar-refractivity contribution in [1.82, 2.24) is 9.55 Å². The number of aromatic hydroxyl groups is 1. The van der Waals surface area contributed by atoms with Gasteiger partial charge in [0.05, 0.1) is 17.4 Å². The topological polar surface area (TPSA) is 38.0 Å². The molecular formula is C11H14N2O. The Hall–Kier alpha value is -1.51. The van der Waals surface area contributed by atoms with Crippen molar-refractivity contribution in [1.29, 1.82) is 0 Å². The molecule has 0 fully saturated rings. The number of fused-ring (bicyclic) bond motifs is 1. The molecule has 2 rings (SSSR count). The van der Waals surface area contributed by atoms with Crippen molar-refractivity contribution in [3.8, 4) is 5.75 Å². The van der Waals surface area contributed by atoms with E-state index in [4.69, 9.17) is 0 Å². The van der Waals surface area contributed by atoms with Crippen LogP contribution in [0.1, 0.15) is 13.8 Å². The number of phenolic OH excluding ortho intramolecular Hbond substituents is 1. The highest BCUT2D eigenvalue weighted by molar-refractivity contribution is 5.76. The molecule has 1 aromatic heterocycles. The number of hydrogen-bond acceptors (Lipinski definition) is 2. The Bertz CT molecular complexity index is 445. The summed E-state index contributed by atoms with van der Waals surface area (Å²) in [5.41, 5.74) is 1.93. The fourth-order valence-electron chi connectivity index (χ4n) is 1.59. The van der Waals surface area contributed by atoms with Crippen molar-refractivity contribution < 1.29 is 5.11 Å². The number of aromatic nitrogens is 2. The number of imidazole rings is 1. The van der Waals surface area contributed by atoms with Crippen molar-refractivity contribution in [2.75, 3.05) is 0 Å². The van der Waals surface area contributed by atoms with Crippen LogP contribution < -0.4 is 0 Å². The number of phenols is 1. The Morgan fingerprint density at radius 1 is 1.43 bits per heavy atom. The minimum Gasteiger partial charge on any atom is -0.508 e. The second kappa shape index (κ2) is 3.33.